The highest BCUT2D eigenvalue weighted by Crippen LogP contribution is 2.47. The SMILES string of the molecule is CC(C)(C)c1cc(N2CN(c3cccc(Oc4ccc5c6c(-c7ccccc7-c7ccccc7)cccc6n(-c6cc(C(C)(C)C)ccn6)c5c4)c3)c3ccccc32)cc(C(C)(C)C)c1. The number of nitrogens with zero attached hydrogens (tertiary/aromatic N) is 4. The number of pyridine rings is 1. The van der Waals surface area contributed by atoms with Crippen LogP contribution in [0.15, 0.2) is 176 Å². The number of fused-ring (bicyclic) bond motifs is 4. The molecule has 5 heteroatoms. The van der Waals surface area contributed by atoms with Crippen LogP contribution in [-0.2, 0) is 16.2 Å². The number of ether oxygens (including phenoxy) is 1. The van der Waals surface area contributed by atoms with E-state index in [9.17, 15) is 0 Å². The van der Waals surface area contributed by atoms with Crippen LogP contribution in [0.4, 0.5) is 22.7 Å². The molecule has 1 aliphatic heterocycles. The molecule has 3 heterocycles. The van der Waals surface area contributed by atoms with E-state index in [1.807, 2.05) is 6.20 Å². The van der Waals surface area contributed by atoms with Gasteiger partial charge >= 0.3 is 0 Å². The molecule has 9 aromatic rings. The topological polar surface area (TPSA) is 33.5 Å². The van der Waals surface area contributed by atoms with E-state index >= 15 is 0 Å². The third-order valence-corrected chi connectivity index (χ3v) is 13.0. The van der Waals surface area contributed by atoms with Gasteiger partial charge in [-0.2, -0.15) is 0 Å². The van der Waals surface area contributed by atoms with Crippen molar-refractivity contribution in [3.63, 3.8) is 0 Å². The Bertz CT molecular complexity index is 3200. The standard InChI is InChI=1S/C60H58N4O/c1-58(2,3)41-31-32-61-56(36-41)64-54-28-18-25-50(49-24-14-13-23-48(49)40-19-11-10-12-20-40)57(54)51-30-29-47(38-55(51)64)65-46-22-17-21-44(37-46)62-39-63(53-27-16-15-26-52(53)62)45-34-42(59(4,5)6)33-43(35-45)60(7,8)9/h10-38H,39H2,1-9H3. The molecule has 0 fully saturated rings. The molecule has 5 nitrogen and oxygen atoms in total. The van der Waals surface area contributed by atoms with Gasteiger partial charge in [-0.1, -0.05) is 153 Å². The lowest BCUT2D eigenvalue weighted by atomic mass is 9.80. The molecule has 10 rings (SSSR count). The average molecular weight is 851 g/mol. The monoisotopic (exact) mass is 850 g/mol. The predicted octanol–water partition coefficient (Wildman–Crippen LogP) is 16.4. The van der Waals surface area contributed by atoms with Crippen molar-refractivity contribution in [2.45, 2.75) is 78.6 Å². The molecule has 0 atom stereocenters. The number of hydrogen-bond donors (Lipinski definition) is 0. The minimum atomic E-state index is -0.0474. The first-order valence-corrected chi connectivity index (χ1v) is 22.9. The van der Waals surface area contributed by atoms with Gasteiger partial charge in [-0.25, -0.2) is 4.98 Å². The van der Waals surface area contributed by atoms with E-state index < -0.39 is 0 Å². The minimum Gasteiger partial charge on any atom is -0.457 e. The molecular formula is C60H58N4O. The van der Waals surface area contributed by atoms with E-state index in [-0.39, 0.29) is 16.2 Å². The summed E-state index contributed by atoms with van der Waals surface area (Å²) in [6.45, 7) is 21.3. The van der Waals surface area contributed by atoms with Gasteiger partial charge < -0.3 is 14.5 Å². The Morgan fingerprint density at radius 3 is 1.74 bits per heavy atom. The molecule has 0 N–H and O–H groups in total. The van der Waals surface area contributed by atoms with Gasteiger partial charge in [-0.3, -0.25) is 4.57 Å². The first-order chi connectivity index (χ1) is 31.1. The van der Waals surface area contributed by atoms with Crippen LogP contribution in [0.2, 0.25) is 0 Å². The Kier molecular flexibility index (Phi) is 10.2. The lowest BCUT2D eigenvalue weighted by Crippen LogP contribution is -2.25. The molecule has 0 unspecified atom stereocenters. The number of benzene rings is 7. The minimum absolute atomic E-state index is 0.0149. The van der Waals surface area contributed by atoms with E-state index in [0.29, 0.717) is 6.67 Å². The maximum Gasteiger partial charge on any atom is 0.137 e. The Balaban J connectivity index is 1.06. The molecule has 0 saturated carbocycles. The number of aromatic nitrogens is 2. The Labute approximate surface area is 384 Å². The first-order valence-electron chi connectivity index (χ1n) is 22.9. The zero-order chi connectivity index (χ0) is 45.3. The number of para-hydroxylation sites is 2. The third kappa shape index (κ3) is 7.84. The van der Waals surface area contributed by atoms with Crippen LogP contribution in [0, 0.1) is 0 Å². The Morgan fingerprint density at radius 1 is 0.446 bits per heavy atom. The molecule has 7 aromatic carbocycles. The second kappa shape index (κ2) is 15.8. The van der Waals surface area contributed by atoms with Crippen molar-refractivity contribution >= 4 is 44.6 Å². The second-order valence-corrected chi connectivity index (χ2v) is 20.6. The van der Waals surface area contributed by atoms with E-state index in [1.54, 1.807) is 0 Å². The summed E-state index contributed by atoms with van der Waals surface area (Å²) in [6.07, 6.45) is 1.94. The van der Waals surface area contributed by atoms with Crippen molar-refractivity contribution < 1.29 is 4.74 Å². The zero-order valence-electron chi connectivity index (χ0n) is 39.1. The summed E-state index contributed by atoms with van der Waals surface area (Å²) >= 11 is 0. The van der Waals surface area contributed by atoms with Gasteiger partial charge in [0.25, 0.3) is 0 Å². The van der Waals surface area contributed by atoms with Crippen molar-refractivity contribution in [3.05, 3.63) is 193 Å². The van der Waals surface area contributed by atoms with E-state index in [1.165, 1.54) is 61.4 Å². The number of rotatable bonds is 7. The normalized spacial score (nSPS) is 13.2. The third-order valence-electron chi connectivity index (χ3n) is 13.0. The molecule has 65 heavy (non-hydrogen) atoms. The van der Waals surface area contributed by atoms with Gasteiger partial charge in [0.05, 0.1) is 22.4 Å². The first kappa shape index (κ1) is 41.9. The zero-order valence-corrected chi connectivity index (χ0v) is 39.1. The summed E-state index contributed by atoms with van der Waals surface area (Å²) in [6, 6.07) is 61.3. The van der Waals surface area contributed by atoms with Crippen molar-refractivity contribution in [1.82, 2.24) is 9.55 Å². The summed E-state index contributed by atoms with van der Waals surface area (Å²) in [7, 11) is 0. The molecule has 0 saturated heterocycles. The van der Waals surface area contributed by atoms with Crippen LogP contribution in [0.5, 0.6) is 11.5 Å². The molecule has 0 aliphatic carbocycles. The van der Waals surface area contributed by atoms with Gasteiger partial charge in [0.2, 0.25) is 0 Å². The van der Waals surface area contributed by atoms with Gasteiger partial charge in [0.15, 0.2) is 0 Å². The van der Waals surface area contributed by atoms with E-state index in [4.69, 9.17) is 9.72 Å². The Morgan fingerprint density at radius 2 is 1.05 bits per heavy atom. The van der Waals surface area contributed by atoms with Crippen molar-refractivity contribution in [1.29, 1.82) is 0 Å². The van der Waals surface area contributed by atoms with Gasteiger partial charge in [-0.05, 0) is 122 Å². The lowest BCUT2D eigenvalue weighted by molar-refractivity contribution is 0.483. The Hall–Kier alpha value is -7.11. The highest BCUT2D eigenvalue weighted by Gasteiger charge is 2.31. The lowest BCUT2D eigenvalue weighted by Gasteiger charge is -2.29. The van der Waals surface area contributed by atoms with Crippen LogP contribution in [-0.4, -0.2) is 16.2 Å². The van der Waals surface area contributed by atoms with E-state index in [2.05, 4.69) is 247 Å². The smallest absolute Gasteiger partial charge is 0.137 e. The van der Waals surface area contributed by atoms with E-state index in [0.717, 1.165) is 39.4 Å². The number of anilines is 4. The van der Waals surface area contributed by atoms with Crippen LogP contribution in [0.1, 0.15) is 79.0 Å². The molecule has 0 spiro atoms. The number of hydrogen-bond acceptors (Lipinski definition) is 4. The fourth-order valence-electron chi connectivity index (χ4n) is 9.32. The maximum atomic E-state index is 6.88. The molecular weight excluding hydrogens is 793 g/mol. The highest BCUT2D eigenvalue weighted by molar-refractivity contribution is 6.17. The summed E-state index contributed by atoms with van der Waals surface area (Å²) in [4.78, 5) is 9.87. The second-order valence-electron chi connectivity index (χ2n) is 20.6. The van der Waals surface area contributed by atoms with Crippen molar-refractivity contribution in [2.75, 3.05) is 16.5 Å². The summed E-state index contributed by atoms with van der Waals surface area (Å²) in [5, 5.41) is 2.32. The largest absolute Gasteiger partial charge is 0.457 e. The van der Waals surface area contributed by atoms with Crippen molar-refractivity contribution in [3.8, 4) is 39.6 Å². The van der Waals surface area contributed by atoms with Crippen LogP contribution in [0.3, 0.4) is 0 Å². The fraction of sp³-hybridized carbons (Fsp3) is 0.217. The van der Waals surface area contributed by atoms with Gasteiger partial charge in [-0.15, -0.1) is 0 Å². The van der Waals surface area contributed by atoms with Crippen LogP contribution in [0.25, 0.3) is 49.9 Å². The molecule has 0 radical (unpaired) electrons. The molecule has 324 valence electrons. The molecule has 1 aliphatic rings. The summed E-state index contributed by atoms with van der Waals surface area (Å²) in [5.74, 6) is 2.41. The maximum absolute atomic E-state index is 6.88. The molecule has 0 bridgehead atoms. The summed E-state index contributed by atoms with van der Waals surface area (Å²) in [5.41, 5.74) is 15.4. The molecule has 2 aromatic heterocycles. The van der Waals surface area contributed by atoms with Crippen molar-refractivity contribution in [2.24, 2.45) is 0 Å². The summed E-state index contributed by atoms with van der Waals surface area (Å²) < 4.78 is 9.19. The quantitative estimate of drug-likeness (QED) is 0.160. The van der Waals surface area contributed by atoms with Gasteiger partial charge in [0, 0.05) is 40.5 Å². The fourth-order valence-corrected chi connectivity index (χ4v) is 9.32. The van der Waals surface area contributed by atoms with Crippen LogP contribution >= 0.6 is 0 Å². The van der Waals surface area contributed by atoms with Gasteiger partial charge in [0.1, 0.15) is 24.0 Å². The highest BCUT2D eigenvalue weighted by atomic mass is 16.5. The van der Waals surface area contributed by atoms with Crippen LogP contribution < -0.4 is 14.5 Å². The average Bonchev–Trinajstić information content (AvgIpc) is 3.85. The predicted molar refractivity (Wildman–Crippen MR) is 274 cm³/mol. The molecule has 0 amide bonds.